The summed E-state index contributed by atoms with van der Waals surface area (Å²) in [6.07, 6.45) is -1.05. The van der Waals surface area contributed by atoms with Crippen molar-refractivity contribution >= 4 is 53.1 Å². The Morgan fingerprint density at radius 3 is 2.46 bits per heavy atom. The Hall–Kier alpha value is -2.71. The number of carbonyl (C=O) groups is 1. The van der Waals surface area contributed by atoms with Crippen molar-refractivity contribution in [3.8, 4) is 11.1 Å². The molecule has 37 heavy (non-hydrogen) atoms. The lowest BCUT2D eigenvalue weighted by Gasteiger charge is -2.27. The summed E-state index contributed by atoms with van der Waals surface area (Å²) in [6, 6.07) is 9.18. The maximum atomic E-state index is 15.5. The molecule has 3 N–H and O–H groups in total. The van der Waals surface area contributed by atoms with Crippen molar-refractivity contribution in [2.24, 2.45) is 0 Å². The Bertz CT molecular complexity index is 1420. The number of hydrogen-bond acceptors (Lipinski definition) is 4. The molecular weight excluding hydrogens is 549 g/mol. The lowest BCUT2D eigenvalue weighted by molar-refractivity contribution is 0.153. The van der Waals surface area contributed by atoms with Gasteiger partial charge in [0.25, 0.3) is 0 Å². The van der Waals surface area contributed by atoms with Crippen LogP contribution in [0.2, 0.25) is 10.0 Å². The highest BCUT2D eigenvalue weighted by molar-refractivity contribution is 7.70. The van der Waals surface area contributed by atoms with Gasteiger partial charge >= 0.3 is 6.03 Å². The average molecular weight is 572 g/mol. The fourth-order valence-electron chi connectivity index (χ4n) is 4.35. The number of amides is 2. The van der Waals surface area contributed by atoms with Gasteiger partial charge in [-0.05, 0) is 55.6 Å². The Morgan fingerprint density at radius 1 is 1.05 bits per heavy atom. The van der Waals surface area contributed by atoms with Gasteiger partial charge in [-0.15, -0.1) is 0 Å². The van der Waals surface area contributed by atoms with Gasteiger partial charge in [-0.1, -0.05) is 41.4 Å². The number of aliphatic hydroxyl groups is 1. The smallest absolute Gasteiger partial charge is 0.319 e. The summed E-state index contributed by atoms with van der Waals surface area (Å²) in [5, 5.41) is 15.5. The molecule has 196 valence electrons. The predicted octanol–water partition coefficient (Wildman–Crippen LogP) is 6.04. The molecule has 0 radical (unpaired) electrons. The molecule has 12 heteroatoms. The van der Waals surface area contributed by atoms with Gasteiger partial charge in [-0.3, -0.25) is 0 Å². The molecule has 1 aliphatic heterocycles. The first-order valence-electron chi connectivity index (χ1n) is 11.2. The molecule has 1 fully saturated rings. The van der Waals surface area contributed by atoms with Crippen molar-refractivity contribution in [1.82, 2.24) is 5.32 Å². The molecular formula is C25H23Cl2F3N3O3P. The van der Waals surface area contributed by atoms with E-state index < -0.39 is 42.9 Å². The van der Waals surface area contributed by atoms with Crippen LogP contribution in [0.4, 0.5) is 29.3 Å². The second-order valence-corrected chi connectivity index (χ2v) is 12.9. The monoisotopic (exact) mass is 571 g/mol. The fourth-order valence-corrected chi connectivity index (χ4v) is 6.14. The van der Waals surface area contributed by atoms with Crippen molar-refractivity contribution < 1.29 is 27.6 Å². The van der Waals surface area contributed by atoms with Crippen molar-refractivity contribution in [3.05, 3.63) is 76.0 Å². The summed E-state index contributed by atoms with van der Waals surface area (Å²) in [5.41, 5.74) is 0.259. The van der Waals surface area contributed by atoms with E-state index in [1.807, 2.05) is 0 Å². The molecule has 0 aliphatic carbocycles. The Morgan fingerprint density at radius 2 is 1.78 bits per heavy atom. The minimum Gasteiger partial charge on any atom is -0.371 e. The van der Waals surface area contributed by atoms with E-state index in [1.165, 1.54) is 60.7 Å². The highest BCUT2D eigenvalue weighted by Crippen LogP contribution is 2.43. The number of carbonyl (C=O) groups excluding carboxylic acids is 1. The maximum Gasteiger partial charge on any atom is 0.319 e. The van der Waals surface area contributed by atoms with E-state index in [4.69, 9.17) is 23.2 Å². The number of aliphatic hydroxyl groups excluding tert-OH is 1. The van der Waals surface area contributed by atoms with E-state index in [9.17, 15) is 23.2 Å². The molecule has 1 unspecified atom stereocenters. The zero-order valence-corrected chi connectivity index (χ0v) is 22.1. The molecule has 2 amide bonds. The number of urea groups is 1. The summed E-state index contributed by atoms with van der Waals surface area (Å²) in [5.74, 6) is -2.26. The van der Waals surface area contributed by atoms with Crippen LogP contribution in [0.15, 0.2) is 48.5 Å². The lowest BCUT2D eigenvalue weighted by atomic mass is 10.0. The topological polar surface area (TPSA) is 81.7 Å². The van der Waals surface area contributed by atoms with Gasteiger partial charge in [0.1, 0.15) is 25.0 Å². The zero-order valence-electron chi connectivity index (χ0n) is 19.7. The number of anilines is 2. The van der Waals surface area contributed by atoms with E-state index in [-0.39, 0.29) is 50.8 Å². The Balaban J connectivity index is 1.55. The molecule has 0 aromatic heterocycles. The second-order valence-electron chi connectivity index (χ2n) is 8.97. The summed E-state index contributed by atoms with van der Waals surface area (Å²) >= 11 is 12.1. The van der Waals surface area contributed by atoms with Gasteiger partial charge in [0.2, 0.25) is 0 Å². The van der Waals surface area contributed by atoms with Crippen molar-refractivity contribution in [2.45, 2.75) is 18.7 Å². The van der Waals surface area contributed by atoms with E-state index in [2.05, 4.69) is 10.6 Å². The Labute approximate surface area is 221 Å². The summed E-state index contributed by atoms with van der Waals surface area (Å²) in [7, 11) is -3.07. The molecule has 0 bridgehead atoms. The van der Waals surface area contributed by atoms with Crippen LogP contribution in [0.3, 0.4) is 0 Å². The summed E-state index contributed by atoms with van der Waals surface area (Å²) in [6.45, 7) is 3.01. The molecule has 0 spiro atoms. The highest BCUT2D eigenvalue weighted by atomic mass is 35.5. The van der Waals surface area contributed by atoms with Crippen LogP contribution in [0.25, 0.3) is 11.1 Å². The number of halogens is 5. The standard InChI is InChI=1S/C25H23Cl2F3N3O3P/c1-37(2,36)23-15(4-3-5-16(23)28)14-7-9-20(22(30)21(14)27)33-11-10-19(24(33)34)32-25(35)31-18-8-6-13(26)12-17(18)29/h3-9,12,19,24,34H,10-11H2,1-2H3,(H2,31,32,35)/t19-,24?/m1/s1. The molecule has 6 nitrogen and oxygen atoms in total. The van der Waals surface area contributed by atoms with Crippen LogP contribution in [-0.2, 0) is 4.57 Å². The number of nitrogens with one attached hydrogen (secondary N) is 2. The van der Waals surface area contributed by atoms with Crippen LogP contribution in [0, 0.1) is 17.5 Å². The van der Waals surface area contributed by atoms with E-state index >= 15 is 4.39 Å². The van der Waals surface area contributed by atoms with Crippen LogP contribution in [0.5, 0.6) is 0 Å². The number of rotatable bonds is 5. The summed E-state index contributed by atoms with van der Waals surface area (Å²) < 4.78 is 56.7. The molecule has 2 atom stereocenters. The van der Waals surface area contributed by atoms with E-state index in [0.717, 1.165) is 6.07 Å². The third-order valence-corrected chi connectivity index (χ3v) is 8.18. The predicted molar refractivity (Wildman–Crippen MR) is 141 cm³/mol. The van der Waals surface area contributed by atoms with Crippen molar-refractivity contribution in [3.63, 3.8) is 0 Å². The molecule has 4 rings (SSSR count). The molecule has 1 aliphatic rings. The van der Waals surface area contributed by atoms with Gasteiger partial charge in [0.05, 0.1) is 27.7 Å². The number of hydrogen-bond donors (Lipinski definition) is 3. The SMILES string of the molecule is CP(C)(=O)c1c(F)cccc1-c1ccc(N2CC[C@@H](NC(=O)Nc3ccc(Cl)cc3F)C2O)c(F)c1Cl. The number of benzene rings is 3. The zero-order chi connectivity index (χ0) is 27.1. The first-order valence-corrected chi connectivity index (χ1v) is 14.5. The minimum atomic E-state index is -3.07. The molecule has 3 aromatic carbocycles. The molecule has 1 saturated heterocycles. The van der Waals surface area contributed by atoms with Gasteiger partial charge in [0, 0.05) is 17.1 Å². The second kappa shape index (κ2) is 10.6. The third kappa shape index (κ3) is 5.60. The van der Waals surface area contributed by atoms with E-state index in [1.54, 1.807) is 0 Å². The quantitative estimate of drug-likeness (QED) is 0.326. The largest absolute Gasteiger partial charge is 0.371 e. The van der Waals surface area contributed by atoms with Crippen molar-refractivity contribution in [1.29, 1.82) is 0 Å². The molecule has 1 heterocycles. The van der Waals surface area contributed by atoms with Crippen LogP contribution in [-0.4, -0.2) is 43.3 Å². The van der Waals surface area contributed by atoms with Crippen LogP contribution >= 0.6 is 30.3 Å². The maximum absolute atomic E-state index is 15.5. The van der Waals surface area contributed by atoms with E-state index in [0.29, 0.717) is 0 Å². The van der Waals surface area contributed by atoms with Gasteiger partial charge in [-0.2, -0.15) is 0 Å². The Kier molecular flexibility index (Phi) is 7.81. The average Bonchev–Trinajstić information content (AvgIpc) is 3.16. The third-order valence-electron chi connectivity index (χ3n) is 6.04. The van der Waals surface area contributed by atoms with Crippen LogP contribution < -0.4 is 20.8 Å². The summed E-state index contributed by atoms with van der Waals surface area (Å²) in [4.78, 5) is 13.7. The van der Waals surface area contributed by atoms with Gasteiger partial charge in [0.15, 0.2) is 5.82 Å². The normalized spacial score (nSPS) is 17.7. The highest BCUT2D eigenvalue weighted by Gasteiger charge is 2.36. The first kappa shape index (κ1) is 27.3. The minimum absolute atomic E-state index is 0.0242. The van der Waals surface area contributed by atoms with Gasteiger partial charge in [-0.25, -0.2) is 18.0 Å². The van der Waals surface area contributed by atoms with Crippen LogP contribution in [0.1, 0.15) is 6.42 Å². The number of nitrogens with zero attached hydrogens (tertiary/aromatic N) is 1. The fraction of sp³-hybridized carbons (Fsp3) is 0.240. The van der Waals surface area contributed by atoms with Crippen molar-refractivity contribution in [2.75, 3.05) is 30.1 Å². The molecule has 3 aromatic rings. The lowest BCUT2D eigenvalue weighted by Crippen LogP contribution is -2.46. The first-order chi connectivity index (χ1) is 17.4. The molecule has 0 saturated carbocycles. The van der Waals surface area contributed by atoms with Gasteiger partial charge < -0.3 is 25.2 Å².